The number of nitrogens with two attached hydrogens (primary N) is 1. The van der Waals surface area contributed by atoms with Crippen molar-refractivity contribution in [3.05, 3.63) is 53.9 Å². The first-order valence-electron chi connectivity index (χ1n) is 5.81. The van der Waals surface area contributed by atoms with E-state index in [0.717, 1.165) is 23.4 Å². The zero-order valence-corrected chi connectivity index (χ0v) is 11.0. The van der Waals surface area contributed by atoms with Crippen LogP contribution in [0.5, 0.6) is 0 Å². The number of para-hydroxylation sites is 1. The van der Waals surface area contributed by atoms with Crippen molar-refractivity contribution in [2.45, 2.75) is 13.3 Å². The number of nitrogens with one attached hydrogen (secondary N) is 1. The summed E-state index contributed by atoms with van der Waals surface area (Å²) in [6.45, 7) is 2.12. The van der Waals surface area contributed by atoms with Gasteiger partial charge in [0.25, 0.3) is 0 Å². The largest absolute Gasteiger partial charge is 0.389 e. The van der Waals surface area contributed by atoms with Gasteiger partial charge in [-0.2, -0.15) is 0 Å². The van der Waals surface area contributed by atoms with E-state index in [2.05, 4.69) is 23.3 Å². The highest BCUT2D eigenvalue weighted by atomic mass is 32.1. The van der Waals surface area contributed by atoms with Gasteiger partial charge >= 0.3 is 0 Å². The number of anilines is 2. The molecule has 0 radical (unpaired) electrons. The molecule has 0 saturated carbocycles. The molecule has 0 bridgehead atoms. The minimum atomic E-state index is 0.369. The Hall–Kier alpha value is -1.94. The molecule has 18 heavy (non-hydrogen) atoms. The van der Waals surface area contributed by atoms with E-state index in [4.69, 9.17) is 18.0 Å². The molecule has 2 rings (SSSR count). The predicted octanol–water partition coefficient (Wildman–Crippen LogP) is 3.02. The van der Waals surface area contributed by atoms with Gasteiger partial charge in [0.1, 0.15) is 4.99 Å². The Morgan fingerprint density at radius 2 is 2.06 bits per heavy atom. The van der Waals surface area contributed by atoms with Gasteiger partial charge in [-0.25, -0.2) is 0 Å². The molecule has 0 spiro atoms. The minimum Gasteiger partial charge on any atom is -0.389 e. The number of hydrogen-bond acceptors (Lipinski definition) is 3. The molecule has 3 N–H and O–H groups in total. The fourth-order valence-corrected chi connectivity index (χ4v) is 1.98. The summed E-state index contributed by atoms with van der Waals surface area (Å²) in [7, 11) is 0. The van der Waals surface area contributed by atoms with Crippen LogP contribution >= 0.6 is 12.2 Å². The van der Waals surface area contributed by atoms with Crippen molar-refractivity contribution in [3.8, 4) is 0 Å². The lowest BCUT2D eigenvalue weighted by Crippen LogP contribution is -2.12. The average Bonchev–Trinajstić information content (AvgIpc) is 2.40. The SMILES string of the molecule is CCc1ccccc1Nc1cnccc1C(N)=S. The molecule has 92 valence electrons. The van der Waals surface area contributed by atoms with E-state index in [9.17, 15) is 0 Å². The van der Waals surface area contributed by atoms with Crippen LogP contribution in [0.4, 0.5) is 11.4 Å². The Bertz CT molecular complexity index is 566. The quantitative estimate of drug-likeness (QED) is 0.827. The lowest BCUT2D eigenvalue weighted by molar-refractivity contribution is 1.14. The summed E-state index contributed by atoms with van der Waals surface area (Å²) in [4.78, 5) is 4.47. The number of nitrogens with zero attached hydrogens (tertiary/aromatic N) is 1. The number of rotatable bonds is 4. The maximum atomic E-state index is 5.70. The monoisotopic (exact) mass is 257 g/mol. The Kier molecular flexibility index (Phi) is 3.89. The third-order valence-electron chi connectivity index (χ3n) is 2.75. The van der Waals surface area contributed by atoms with E-state index >= 15 is 0 Å². The summed E-state index contributed by atoms with van der Waals surface area (Å²) in [6, 6.07) is 9.98. The molecule has 0 atom stereocenters. The van der Waals surface area contributed by atoms with E-state index in [0.29, 0.717) is 4.99 Å². The smallest absolute Gasteiger partial charge is 0.106 e. The average molecular weight is 257 g/mol. The summed E-state index contributed by atoms with van der Waals surface area (Å²) >= 11 is 5.04. The second kappa shape index (κ2) is 5.60. The highest BCUT2D eigenvalue weighted by Crippen LogP contribution is 2.23. The van der Waals surface area contributed by atoms with E-state index in [-0.39, 0.29) is 0 Å². The maximum Gasteiger partial charge on any atom is 0.106 e. The molecule has 2 aromatic rings. The molecular formula is C14H15N3S. The van der Waals surface area contributed by atoms with Gasteiger partial charge < -0.3 is 11.1 Å². The summed E-state index contributed by atoms with van der Waals surface area (Å²) in [5.41, 5.74) is 9.66. The van der Waals surface area contributed by atoms with Gasteiger partial charge in [0.2, 0.25) is 0 Å². The highest BCUT2D eigenvalue weighted by Gasteiger charge is 2.06. The lowest BCUT2D eigenvalue weighted by atomic mass is 10.1. The van der Waals surface area contributed by atoms with Crippen molar-refractivity contribution < 1.29 is 0 Å². The van der Waals surface area contributed by atoms with Crippen LogP contribution in [0.25, 0.3) is 0 Å². The number of thiocarbonyl (C=S) groups is 1. The van der Waals surface area contributed by atoms with Crippen LogP contribution in [0.3, 0.4) is 0 Å². The standard InChI is InChI=1S/C14H15N3S/c1-2-10-5-3-4-6-12(10)17-13-9-16-8-7-11(13)14(15)18/h3-9,17H,2H2,1H3,(H2,15,18). The molecule has 0 amide bonds. The summed E-state index contributed by atoms with van der Waals surface area (Å²) in [5, 5.41) is 3.34. The Morgan fingerprint density at radius 1 is 1.28 bits per heavy atom. The second-order valence-electron chi connectivity index (χ2n) is 3.92. The zero-order chi connectivity index (χ0) is 13.0. The van der Waals surface area contributed by atoms with E-state index in [1.54, 1.807) is 12.4 Å². The van der Waals surface area contributed by atoms with Crippen molar-refractivity contribution in [1.29, 1.82) is 0 Å². The molecule has 0 aliphatic heterocycles. The lowest BCUT2D eigenvalue weighted by Gasteiger charge is -2.13. The molecule has 1 heterocycles. The van der Waals surface area contributed by atoms with Crippen LogP contribution in [0.15, 0.2) is 42.7 Å². The topological polar surface area (TPSA) is 50.9 Å². The second-order valence-corrected chi connectivity index (χ2v) is 4.36. The molecule has 0 aliphatic carbocycles. The Labute approximate surface area is 112 Å². The van der Waals surface area contributed by atoms with Crippen LogP contribution in [0, 0.1) is 0 Å². The summed E-state index contributed by atoms with van der Waals surface area (Å²) in [5.74, 6) is 0. The number of aromatic nitrogens is 1. The van der Waals surface area contributed by atoms with E-state index in [1.807, 2.05) is 24.3 Å². The summed E-state index contributed by atoms with van der Waals surface area (Å²) in [6.07, 6.45) is 4.39. The number of pyridine rings is 1. The third kappa shape index (κ3) is 2.65. The van der Waals surface area contributed by atoms with Gasteiger partial charge in [0, 0.05) is 17.4 Å². The molecule has 0 saturated heterocycles. The van der Waals surface area contributed by atoms with E-state index in [1.165, 1.54) is 5.56 Å². The molecule has 0 aliphatic rings. The van der Waals surface area contributed by atoms with Gasteiger partial charge in [0.05, 0.1) is 11.9 Å². The van der Waals surface area contributed by atoms with Crippen molar-refractivity contribution in [2.24, 2.45) is 5.73 Å². The van der Waals surface area contributed by atoms with Crippen LogP contribution in [-0.2, 0) is 6.42 Å². The minimum absolute atomic E-state index is 0.369. The molecule has 0 unspecified atom stereocenters. The zero-order valence-electron chi connectivity index (χ0n) is 10.2. The van der Waals surface area contributed by atoms with Gasteiger partial charge in [-0.15, -0.1) is 0 Å². The first-order valence-corrected chi connectivity index (χ1v) is 6.22. The Balaban J connectivity index is 2.37. The van der Waals surface area contributed by atoms with Gasteiger partial charge in [-0.3, -0.25) is 4.98 Å². The fourth-order valence-electron chi connectivity index (χ4n) is 1.80. The van der Waals surface area contributed by atoms with Crippen LogP contribution in [0.2, 0.25) is 0 Å². The van der Waals surface area contributed by atoms with Crippen LogP contribution in [-0.4, -0.2) is 9.97 Å². The van der Waals surface area contributed by atoms with Crippen LogP contribution < -0.4 is 11.1 Å². The molecule has 1 aromatic heterocycles. The first kappa shape index (κ1) is 12.5. The number of hydrogen-bond donors (Lipinski definition) is 2. The van der Waals surface area contributed by atoms with Gasteiger partial charge in [0.15, 0.2) is 0 Å². The number of aryl methyl sites for hydroxylation is 1. The highest BCUT2D eigenvalue weighted by molar-refractivity contribution is 7.80. The normalized spacial score (nSPS) is 10.1. The first-order chi connectivity index (χ1) is 8.72. The predicted molar refractivity (Wildman–Crippen MR) is 79.2 cm³/mol. The third-order valence-corrected chi connectivity index (χ3v) is 2.97. The van der Waals surface area contributed by atoms with Crippen molar-refractivity contribution in [2.75, 3.05) is 5.32 Å². The number of benzene rings is 1. The summed E-state index contributed by atoms with van der Waals surface area (Å²) < 4.78 is 0. The molecule has 4 heteroatoms. The fraction of sp³-hybridized carbons (Fsp3) is 0.143. The van der Waals surface area contributed by atoms with Crippen LogP contribution in [0.1, 0.15) is 18.1 Å². The van der Waals surface area contributed by atoms with Gasteiger partial charge in [-0.05, 0) is 24.1 Å². The van der Waals surface area contributed by atoms with Gasteiger partial charge in [-0.1, -0.05) is 37.3 Å². The van der Waals surface area contributed by atoms with Crippen molar-refractivity contribution in [3.63, 3.8) is 0 Å². The maximum absolute atomic E-state index is 5.70. The molecule has 3 nitrogen and oxygen atoms in total. The van der Waals surface area contributed by atoms with Crippen molar-refractivity contribution >= 4 is 28.6 Å². The van der Waals surface area contributed by atoms with Crippen molar-refractivity contribution in [1.82, 2.24) is 4.98 Å². The Morgan fingerprint density at radius 3 is 2.78 bits per heavy atom. The molecule has 1 aromatic carbocycles. The molecular weight excluding hydrogens is 242 g/mol. The van der Waals surface area contributed by atoms with E-state index < -0.39 is 0 Å². The molecule has 0 fully saturated rings.